The summed E-state index contributed by atoms with van der Waals surface area (Å²) in [5.74, 6) is -0.336. The van der Waals surface area contributed by atoms with Crippen LogP contribution in [0.2, 0.25) is 0 Å². The Bertz CT molecular complexity index is 1160. The molecule has 0 spiro atoms. The van der Waals surface area contributed by atoms with Gasteiger partial charge in [0.25, 0.3) is 0 Å². The molecule has 0 bridgehead atoms. The molecule has 0 radical (unpaired) electrons. The molecule has 4 rings (SSSR count). The number of benzene rings is 2. The van der Waals surface area contributed by atoms with Crippen LogP contribution in [0.25, 0.3) is 10.9 Å². The van der Waals surface area contributed by atoms with Gasteiger partial charge in [-0.15, -0.1) is 0 Å². The van der Waals surface area contributed by atoms with Crippen molar-refractivity contribution in [2.24, 2.45) is 0 Å². The van der Waals surface area contributed by atoms with Gasteiger partial charge >= 0.3 is 0 Å². The second kappa shape index (κ2) is 8.24. The number of nitrogens with two attached hydrogens (primary N) is 1. The first-order valence-electron chi connectivity index (χ1n) is 10.1. The fourth-order valence-electron chi connectivity index (χ4n) is 4.18. The first-order chi connectivity index (χ1) is 14.4. The van der Waals surface area contributed by atoms with Crippen LogP contribution < -0.4 is 5.73 Å². The van der Waals surface area contributed by atoms with E-state index in [9.17, 15) is 12.8 Å². The SMILES string of the molecule is C=CC(n1cc(CN2CCCCC2)c2cc(F)ccc21)S(=O)(=O)c1ccc(N)cc1. The topological polar surface area (TPSA) is 68.3 Å². The van der Waals surface area contributed by atoms with Crippen LogP contribution in [-0.4, -0.2) is 31.0 Å². The molecule has 0 aliphatic carbocycles. The number of aromatic nitrogens is 1. The molecule has 1 aliphatic rings. The third-order valence-electron chi connectivity index (χ3n) is 5.72. The number of sulfone groups is 1. The van der Waals surface area contributed by atoms with E-state index >= 15 is 0 Å². The van der Waals surface area contributed by atoms with Crippen molar-refractivity contribution >= 4 is 26.4 Å². The number of nitrogens with zero attached hydrogens (tertiary/aromatic N) is 2. The van der Waals surface area contributed by atoms with E-state index < -0.39 is 15.2 Å². The lowest BCUT2D eigenvalue weighted by atomic mass is 10.1. The molecule has 3 aromatic rings. The number of hydrogen-bond acceptors (Lipinski definition) is 4. The van der Waals surface area contributed by atoms with Gasteiger partial charge in [0.05, 0.1) is 4.90 Å². The lowest BCUT2D eigenvalue weighted by Gasteiger charge is -2.26. The average molecular weight is 428 g/mol. The van der Waals surface area contributed by atoms with Gasteiger partial charge in [0.2, 0.25) is 9.84 Å². The molecule has 0 saturated carbocycles. The van der Waals surface area contributed by atoms with E-state index in [0.717, 1.165) is 36.9 Å². The minimum atomic E-state index is -3.76. The standard InChI is InChI=1S/C23H26FN3O2S/c1-2-23(30(28,29)20-9-7-19(25)8-10-20)27-16-17(15-26-12-4-3-5-13-26)21-14-18(24)6-11-22(21)27/h2,6-11,14,16,23H,1,3-5,12-13,15,25H2. The monoisotopic (exact) mass is 427 g/mol. The molecule has 1 atom stereocenters. The number of anilines is 1. The van der Waals surface area contributed by atoms with Gasteiger partial charge in [-0.3, -0.25) is 4.90 Å². The molecule has 1 aromatic heterocycles. The minimum Gasteiger partial charge on any atom is -0.399 e. The van der Waals surface area contributed by atoms with E-state index in [1.807, 2.05) is 6.20 Å². The van der Waals surface area contributed by atoms with Crippen LogP contribution >= 0.6 is 0 Å². The van der Waals surface area contributed by atoms with Crippen LogP contribution in [0.15, 0.2) is 66.2 Å². The highest BCUT2D eigenvalue weighted by Crippen LogP contribution is 2.33. The summed E-state index contributed by atoms with van der Waals surface area (Å²) in [6.45, 7) is 6.45. The Morgan fingerprint density at radius 2 is 1.80 bits per heavy atom. The van der Waals surface area contributed by atoms with Gasteiger partial charge in [-0.25, -0.2) is 12.8 Å². The van der Waals surface area contributed by atoms with Crippen LogP contribution in [0, 0.1) is 5.82 Å². The smallest absolute Gasteiger partial charge is 0.203 e. The second-order valence-electron chi connectivity index (χ2n) is 7.80. The highest BCUT2D eigenvalue weighted by atomic mass is 32.2. The fourth-order valence-corrected chi connectivity index (χ4v) is 5.70. The number of halogens is 1. The summed E-state index contributed by atoms with van der Waals surface area (Å²) in [5, 5.41) is -0.274. The minimum absolute atomic E-state index is 0.170. The molecule has 158 valence electrons. The van der Waals surface area contributed by atoms with Crippen molar-refractivity contribution in [3.63, 3.8) is 0 Å². The molecule has 2 aromatic carbocycles. The lowest BCUT2D eigenvalue weighted by Crippen LogP contribution is -2.29. The van der Waals surface area contributed by atoms with Gasteiger partial charge in [0.1, 0.15) is 5.82 Å². The Morgan fingerprint density at radius 1 is 1.10 bits per heavy atom. The molecule has 2 heterocycles. The van der Waals surface area contributed by atoms with Crippen molar-refractivity contribution in [2.45, 2.75) is 36.1 Å². The first-order valence-corrected chi connectivity index (χ1v) is 11.7. The van der Waals surface area contributed by atoms with Crippen LogP contribution in [-0.2, 0) is 16.4 Å². The van der Waals surface area contributed by atoms with Gasteiger partial charge in [-0.05, 0) is 74.0 Å². The Morgan fingerprint density at radius 3 is 2.47 bits per heavy atom. The largest absolute Gasteiger partial charge is 0.399 e. The predicted octanol–water partition coefficient (Wildman–Crippen LogP) is 4.51. The number of likely N-dealkylation sites (tertiary alicyclic amines) is 1. The van der Waals surface area contributed by atoms with Crippen LogP contribution in [0.1, 0.15) is 30.2 Å². The highest BCUT2D eigenvalue weighted by Gasteiger charge is 2.28. The fraction of sp³-hybridized carbons (Fsp3) is 0.304. The third kappa shape index (κ3) is 3.87. The molecular formula is C23H26FN3O2S. The maximum Gasteiger partial charge on any atom is 0.203 e. The van der Waals surface area contributed by atoms with Crippen molar-refractivity contribution in [2.75, 3.05) is 18.8 Å². The van der Waals surface area contributed by atoms with Crippen LogP contribution in [0.4, 0.5) is 10.1 Å². The van der Waals surface area contributed by atoms with Gasteiger partial charge in [-0.2, -0.15) is 0 Å². The van der Waals surface area contributed by atoms with Crippen molar-refractivity contribution in [3.8, 4) is 0 Å². The quantitative estimate of drug-likeness (QED) is 0.464. The summed E-state index contributed by atoms with van der Waals surface area (Å²) in [5.41, 5.74) is 7.80. The summed E-state index contributed by atoms with van der Waals surface area (Å²) in [4.78, 5) is 2.51. The lowest BCUT2D eigenvalue weighted by molar-refractivity contribution is 0.221. The summed E-state index contributed by atoms with van der Waals surface area (Å²) in [6, 6.07) is 10.6. The Balaban J connectivity index is 1.80. The number of piperidine rings is 1. The van der Waals surface area contributed by atoms with Gasteiger partial charge < -0.3 is 10.3 Å². The molecule has 2 N–H and O–H groups in total. The van der Waals surface area contributed by atoms with E-state index in [4.69, 9.17) is 5.73 Å². The highest BCUT2D eigenvalue weighted by molar-refractivity contribution is 7.91. The van der Waals surface area contributed by atoms with Gasteiger partial charge in [0, 0.05) is 29.3 Å². The third-order valence-corrected chi connectivity index (χ3v) is 7.71. The Hall–Kier alpha value is -2.64. The van der Waals surface area contributed by atoms with E-state index in [-0.39, 0.29) is 10.7 Å². The summed E-state index contributed by atoms with van der Waals surface area (Å²) in [6.07, 6.45) is 6.77. The maximum atomic E-state index is 14.1. The number of hydrogen-bond donors (Lipinski definition) is 1. The molecule has 1 aliphatic heterocycles. The van der Waals surface area contributed by atoms with Gasteiger partial charge in [-0.1, -0.05) is 19.1 Å². The summed E-state index contributed by atoms with van der Waals surface area (Å²) < 4.78 is 42.5. The predicted molar refractivity (Wildman–Crippen MR) is 118 cm³/mol. The van der Waals surface area contributed by atoms with E-state index in [0.29, 0.717) is 17.7 Å². The molecule has 1 saturated heterocycles. The molecule has 5 nitrogen and oxygen atoms in total. The Kier molecular flexibility index (Phi) is 5.66. The second-order valence-corrected chi connectivity index (χ2v) is 9.84. The zero-order valence-corrected chi connectivity index (χ0v) is 17.6. The van der Waals surface area contributed by atoms with Crippen molar-refractivity contribution in [1.82, 2.24) is 9.47 Å². The summed E-state index contributed by atoms with van der Waals surface area (Å²) in [7, 11) is -3.76. The molecule has 7 heteroatoms. The van der Waals surface area contributed by atoms with E-state index in [1.54, 1.807) is 22.8 Å². The Labute approximate surface area is 176 Å². The zero-order valence-electron chi connectivity index (χ0n) is 16.8. The molecule has 1 unspecified atom stereocenters. The van der Waals surface area contributed by atoms with Crippen LogP contribution in [0.3, 0.4) is 0 Å². The van der Waals surface area contributed by atoms with Crippen molar-refractivity contribution < 1.29 is 12.8 Å². The number of rotatable bonds is 6. The van der Waals surface area contributed by atoms with Crippen molar-refractivity contribution in [3.05, 3.63) is 72.7 Å². The zero-order chi connectivity index (χ0) is 21.3. The van der Waals surface area contributed by atoms with Crippen LogP contribution in [0.5, 0.6) is 0 Å². The van der Waals surface area contributed by atoms with Crippen molar-refractivity contribution in [1.29, 1.82) is 0 Å². The molecule has 0 amide bonds. The number of fused-ring (bicyclic) bond motifs is 1. The summed E-state index contributed by atoms with van der Waals surface area (Å²) >= 11 is 0. The number of nitrogen functional groups attached to an aromatic ring is 1. The molecular weight excluding hydrogens is 401 g/mol. The first kappa shape index (κ1) is 20.6. The van der Waals surface area contributed by atoms with E-state index in [2.05, 4.69) is 11.5 Å². The van der Waals surface area contributed by atoms with E-state index in [1.165, 1.54) is 36.8 Å². The average Bonchev–Trinajstić information content (AvgIpc) is 3.06. The molecule has 30 heavy (non-hydrogen) atoms. The molecule has 1 fully saturated rings. The van der Waals surface area contributed by atoms with Gasteiger partial charge in [0.15, 0.2) is 5.37 Å². The normalized spacial score (nSPS) is 16.6. The maximum absolute atomic E-state index is 14.1.